The minimum atomic E-state index is -0.877. The number of hydrogen-bond acceptors (Lipinski definition) is 3. The highest BCUT2D eigenvalue weighted by Gasteiger charge is 2.40. The number of nitrogens with one attached hydrogen (secondary N) is 2. The molecule has 3 N–H and O–H groups in total. The highest BCUT2D eigenvalue weighted by molar-refractivity contribution is 5.78. The van der Waals surface area contributed by atoms with Crippen LogP contribution in [-0.2, 0) is 9.53 Å². The number of carboxylic acid groups (broad SMARTS) is 1. The Labute approximate surface area is 112 Å². The Morgan fingerprint density at radius 2 is 2.00 bits per heavy atom. The van der Waals surface area contributed by atoms with Gasteiger partial charge in [0.1, 0.15) is 0 Å². The molecule has 0 aromatic carbocycles. The maximum absolute atomic E-state index is 11.7. The van der Waals surface area contributed by atoms with Gasteiger partial charge in [0.2, 0.25) is 0 Å². The van der Waals surface area contributed by atoms with Crippen LogP contribution in [0, 0.1) is 11.3 Å². The van der Waals surface area contributed by atoms with Crippen molar-refractivity contribution >= 4 is 12.0 Å². The largest absolute Gasteiger partial charge is 0.481 e. The van der Waals surface area contributed by atoms with Crippen molar-refractivity contribution < 1.29 is 19.4 Å². The van der Waals surface area contributed by atoms with Crippen molar-refractivity contribution in [2.24, 2.45) is 11.3 Å². The van der Waals surface area contributed by atoms with Crippen LogP contribution in [0.15, 0.2) is 0 Å². The van der Waals surface area contributed by atoms with Crippen LogP contribution in [0.3, 0.4) is 0 Å². The third-order valence-electron chi connectivity index (χ3n) is 4.18. The van der Waals surface area contributed by atoms with E-state index in [0.29, 0.717) is 32.0 Å². The van der Waals surface area contributed by atoms with Crippen molar-refractivity contribution in [1.29, 1.82) is 0 Å². The minimum Gasteiger partial charge on any atom is -0.481 e. The molecule has 2 amide bonds. The first-order chi connectivity index (χ1) is 9.03. The number of carbonyl (C=O) groups excluding carboxylic acids is 1. The Balaban J connectivity index is 1.80. The lowest BCUT2D eigenvalue weighted by Gasteiger charge is -2.33. The molecule has 0 spiro atoms. The summed E-state index contributed by atoms with van der Waals surface area (Å²) in [6.45, 7) is 3.02. The summed E-state index contributed by atoms with van der Waals surface area (Å²) in [6, 6.07) is -0.109. The van der Waals surface area contributed by atoms with Gasteiger partial charge in [-0.3, -0.25) is 4.79 Å². The Hall–Kier alpha value is -1.30. The minimum absolute atomic E-state index is 0.162. The standard InChI is InChI=1S/C13H22N2O4/c1-9(10-2-3-10)15-12(18)14-8-13(11(16)17)4-6-19-7-5-13/h9-10H,2-8H2,1H3,(H,16,17)(H2,14,15,18). The van der Waals surface area contributed by atoms with E-state index in [4.69, 9.17) is 4.74 Å². The average molecular weight is 270 g/mol. The number of urea groups is 1. The first-order valence-corrected chi connectivity index (χ1v) is 6.89. The Morgan fingerprint density at radius 3 is 2.53 bits per heavy atom. The van der Waals surface area contributed by atoms with Crippen molar-refractivity contribution in [2.75, 3.05) is 19.8 Å². The van der Waals surface area contributed by atoms with E-state index in [9.17, 15) is 14.7 Å². The van der Waals surface area contributed by atoms with E-state index in [2.05, 4.69) is 10.6 Å². The monoisotopic (exact) mass is 270 g/mol. The summed E-state index contributed by atoms with van der Waals surface area (Å²) in [5.41, 5.74) is -0.877. The van der Waals surface area contributed by atoms with Crippen molar-refractivity contribution in [2.45, 2.75) is 38.6 Å². The van der Waals surface area contributed by atoms with Crippen LogP contribution in [0.2, 0.25) is 0 Å². The summed E-state index contributed by atoms with van der Waals surface area (Å²) in [6.07, 6.45) is 3.22. The van der Waals surface area contributed by atoms with Gasteiger partial charge in [0, 0.05) is 25.8 Å². The van der Waals surface area contributed by atoms with Crippen molar-refractivity contribution in [1.82, 2.24) is 10.6 Å². The molecule has 0 aromatic rings. The zero-order chi connectivity index (χ0) is 13.9. The molecule has 2 fully saturated rings. The molecule has 1 saturated carbocycles. The Morgan fingerprint density at radius 1 is 1.37 bits per heavy atom. The van der Waals surface area contributed by atoms with E-state index in [1.807, 2.05) is 6.92 Å². The van der Waals surface area contributed by atoms with Crippen molar-refractivity contribution in [3.63, 3.8) is 0 Å². The summed E-state index contributed by atoms with van der Waals surface area (Å²) in [5.74, 6) is -0.270. The van der Waals surface area contributed by atoms with Crippen LogP contribution in [0.4, 0.5) is 4.79 Å². The molecule has 1 aliphatic carbocycles. The SMILES string of the molecule is CC(NC(=O)NCC1(C(=O)O)CCOCC1)C1CC1. The van der Waals surface area contributed by atoms with Gasteiger partial charge in [0.05, 0.1) is 5.41 Å². The van der Waals surface area contributed by atoms with Crippen LogP contribution in [0.5, 0.6) is 0 Å². The fourth-order valence-electron chi connectivity index (χ4n) is 2.45. The summed E-state index contributed by atoms with van der Waals surface area (Å²) >= 11 is 0. The van der Waals surface area contributed by atoms with Crippen LogP contribution < -0.4 is 10.6 Å². The number of carboxylic acids is 1. The molecular weight excluding hydrogens is 248 g/mol. The second-order valence-electron chi connectivity index (χ2n) is 5.65. The van der Waals surface area contributed by atoms with Crippen molar-refractivity contribution in [3.05, 3.63) is 0 Å². The maximum Gasteiger partial charge on any atom is 0.315 e. The van der Waals surface area contributed by atoms with Gasteiger partial charge < -0.3 is 20.5 Å². The van der Waals surface area contributed by atoms with Gasteiger partial charge in [-0.05, 0) is 38.5 Å². The molecule has 1 atom stereocenters. The molecule has 2 aliphatic rings. The van der Waals surface area contributed by atoms with Gasteiger partial charge in [-0.2, -0.15) is 0 Å². The van der Waals surface area contributed by atoms with Gasteiger partial charge in [0.25, 0.3) is 0 Å². The van der Waals surface area contributed by atoms with E-state index < -0.39 is 11.4 Å². The number of aliphatic carboxylic acids is 1. The first kappa shape index (κ1) is 14.1. The fourth-order valence-corrected chi connectivity index (χ4v) is 2.45. The van der Waals surface area contributed by atoms with E-state index in [0.717, 1.165) is 12.8 Å². The van der Waals surface area contributed by atoms with Gasteiger partial charge in [-0.1, -0.05) is 0 Å². The lowest BCUT2D eigenvalue weighted by atomic mass is 9.80. The van der Waals surface area contributed by atoms with Crippen LogP contribution in [0.25, 0.3) is 0 Å². The Kier molecular flexibility index (Phi) is 4.29. The average Bonchev–Trinajstić information content (AvgIpc) is 3.21. The molecule has 6 heteroatoms. The van der Waals surface area contributed by atoms with E-state index >= 15 is 0 Å². The molecule has 1 saturated heterocycles. The summed E-state index contributed by atoms with van der Waals surface area (Å²) in [7, 11) is 0. The number of amides is 2. The second-order valence-corrected chi connectivity index (χ2v) is 5.65. The van der Waals surface area contributed by atoms with Gasteiger partial charge in [0.15, 0.2) is 0 Å². The molecule has 6 nitrogen and oxygen atoms in total. The van der Waals surface area contributed by atoms with E-state index in [1.54, 1.807) is 0 Å². The van der Waals surface area contributed by atoms with Gasteiger partial charge in [-0.15, -0.1) is 0 Å². The maximum atomic E-state index is 11.7. The van der Waals surface area contributed by atoms with Crippen molar-refractivity contribution in [3.8, 4) is 0 Å². The predicted octanol–water partition coefficient (Wildman–Crippen LogP) is 0.965. The number of hydrogen-bond donors (Lipinski definition) is 3. The lowest BCUT2D eigenvalue weighted by molar-refractivity contribution is -0.154. The summed E-state index contributed by atoms with van der Waals surface area (Å²) < 4.78 is 5.19. The fraction of sp³-hybridized carbons (Fsp3) is 0.846. The van der Waals surface area contributed by atoms with Crippen LogP contribution in [0.1, 0.15) is 32.6 Å². The molecule has 0 radical (unpaired) electrons. The molecule has 1 aliphatic heterocycles. The number of carbonyl (C=O) groups is 2. The quantitative estimate of drug-likeness (QED) is 0.694. The highest BCUT2D eigenvalue weighted by atomic mass is 16.5. The van der Waals surface area contributed by atoms with Crippen LogP contribution >= 0.6 is 0 Å². The lowest BCUT2D eigenvalue weighted by Crippen LogP contribution is -2.50. The van der Waals surface area contributed by atoms with Gasteiger partial charge >= 0.3 is 12.0 Å². The molecule has 1 heterocycles. The van der Waals surface area contributed by atoms with Crippen LogP contribution in [-0.4, -0.2) is 42.9 Å². The molecule has 1 unspecified atom stereocenters. The Bertz CT molecular complexity index is 349. The zero-order valence-electron chi connectivity index (χ0n) is 11.3. The van der Waals surface area contributed by atoms with Gasteiger partial charge in [-0.25, -0.2) is 4.79 Å². The molecule has 2 rings (SSSR count). The predicted molar refractivity (Wildman–Crippen MR) is 68.8 cm³/mol. The second kappa shape index (κ2) is 5.77. The summed E-state index contributed by atoms with van der Waals surface area (Å²) in [4.78, 5) is 23.1. The third kappa shape index (κ3) is 3.59. The molecule has 19 heavy (non-hydrogen) atoms. The normalized spacial score (nSPS) is 23.4. The molecule has 0 bridgehead atoms. The van der Waals surface area contributed by atoms with E-state index in [-0.39, 0.29) is 18.6 Å². The number of rotatable bonds is 5. The third-order valence-corrected chi connectivity index (χ3v) is 4.18. The highest BCUT2D eigenvalue weighted by Crippen LogP contribution is 2.32. The molecule has 0 aromatic heterocycles. The summed E-state index contributed by atoms with van der Waals surface area (Å²) in [5, 5.41) is 14.9. The number of ether oxygens (including phenoxy) is 1. The zero-order valence-corrected chi connectivity index (χ0v) is 11.3. The topological polar surface area (TPSA) is 87.7 Å². The molecule has 108 valence electrons. The molecular formula is C13H22N2O4. The smallest absolute Gasteiger partial charge is 0.315 e. The first-order valence-electron chi connectivity index (χ1n) is 6.89. The van der Waals surface area contributed by atoms with E-state index in [1.165, 1.54) is 0 Å².